The molecule has 2 aromatic rings. The molecule has 0 spiro atoms. The van der Waals surface area contributed by atoms with Crippen LogP contribution >= 0.6 is 11.6 Å². The van der Waals surface area contributed by atoms with E-state index in [4.69, 9.17) is 11.6 Å². The smallest absolute Gasteiger partial charge is 0.272 e. The lowest BCUT2D eigenvalue weighted by molar-refractivity contribution is 0.0930. The fraction of sp³-hybridized carbons (Fsp3) is 0.273. The normalized spacial score (nSPS) is 12.1. The summed E-state index contributed by atoms with van der Waals surface area (Å²) in [6.45, 7) is 2.49. The number of amides is 1. The molecule has 18 heavy (non-hydrogen) atoms. The molecule has 1 amide bonds. The molecule has 0 aliphatic heterocycles. The van der Waals surface area contributed by atoms with Gasteiger partial charge in [-0.05, 0) is 25.1 Å². The zero-order valence-electron chi connectivity index (χ0n) is 9.75. The number of hydrogen-bond acceptors (Lipinski definition) is 4. The average Bonchev–Trinajstić information content (AvgIpc) is 2.82. The van der Waals surface area contributed by atoms with Gasteiger partial charge in [-0.1, -0.05) is 11.6 Å². The molecule has 0 aromatic carbocycles. The summed E-state index contributed by atoms with van der Waals surface area (Å²) >= 11 is 5.60. The number of nitrogens with zero attached hydrogens (tertiary/aromatic N) is 4. The highest BCUT2D eigenvalue weighted by Crippen LogP contribution is 2.02. The van der Waals surface area contributed by atoms with Crippen molar-refractivity contribution >= 4 is 17.5 Å². The number of carbonyl (C=O) groups excluding carboxylic acids is 1. The summed E-state index contributed by atoms with van der Waals surface area (Å²) in [5.74, 6) is -0.279. The summed E-state index contributed by atoms with van der Waals surface area (Å²) in [4.78, 5) is 11.8. The maximum atomic E-state index is 11.8. The summed E-state index contributed by atoms with van der Waals surface area (Å²) in [5, 5.41) is 14.5. The second-order valence-corrected chi connectivity index (χ2v) is 4.23. The zero-order valence-corrected chi connectivity index (χ0v) is 10.5. The molecule has 0 aliphatic rings. The molecule has 1 atom stereocenters. The Morgan fingerprint density at radius 2 is 2.33 bits per heavy atom. The van der Waals surface area contributed by atoms with E-state index < -0.39 is 0 Å². The van der Waals surface area contributed by atoms with E-state index in [9.17, 15) is 4.79 Å². The first kappa shape index (κ1) is 12.5. The number of carbonyl (C=O) groups is 1. The maximum absolute atomic E-state index is 11.8. The zero-order chi connectivity index (χ0) is 13.0. The Balaban J connectivity index is 1.92. The van der Waals surface area contributed by atoms with Gasteiger partial charge in [0, 0.05) is 18.4 Å². The van der Waals surface area contributed by atoms with Crippen LogP contribution in [-0.2, 0) is 6.54 Å². The second-order valence-electron chi connectivity index (χ2n) is 3.84. The van der Waals surface area contributed by atoms with E-state index in [1.807, 2.05) is 19.2 Å². The van der Waals surface area contributed by atoms with Gasteiger partial charge in [0.05, 0.1) is 6.54 Å². The van der Waals surface area contributed by atoms with Crippen molar-refractivity contribution < 1.29 is 4.79 Å². The quantitative estimate of drug-likeness (QED) is 0.900. The van der Waals surface area contributed by atoms with Gasteiger partial charge >= 0.3 is 0 Å². The topological polar surface area (TPSA) is 72.7 Å². The van der Waals surface area contributed by atoms with E-state index in [-0.39, 0.29) is 22.8 Å². The van der Waals surface area contributed by atoms with E-state index in [1.54, 1.807) is 10.9 Å². The standard InChI is InChI=1S/C11H12ClN5O/c1-8(7-17-6-2-5-13-17)14-11(18)9-3-4-10(12)16-15-9/h2-6,8H,7H2,1H3,(H,14,18). The van der Waals surface area contributed by atoms with Crippen molar-refractivity contribution in [3.8, 4) is 0 Å². The lowest BCUT2D eigenvalue weighted by Gasteiger charge is -2.13. The van der Waals surface area contributed by atoms with Crippen LogP contribution in [0.25, 0.3) is 0 Å². The molecular formula is C11H12ClN5O. The van der Waals surface area contributed by atoms with Crippen molar-refractivity contribution in [1.82, 2.24) is 25.3 Å². The molecule has 2 aromatic heterocycles. The van der Waals surface area contributed by atoms with E-state index in [2.05, 4.69) is 20.6 Å². The van der Waals surface area contributed by atoms with Crippen LogP contribution in [0, 0.1) is 0 Å². The Morgan fingerprint density at radius 1 is 1.50 bits per heavy atom. The number of rotatable bonds is 4. The Hall–Kier alpha value is -1.95. The Morgan fingerprint density at radius 3 is 2.94 bits per heavy atom. The molecule has 94 valence electrons. The summed E-state index contributed by atoms with van der Waals surface area (Å²) in [7, 11) is 0. The molecule has 0 saturated heterocycles. The van der Waals surface area contributed by atoms with Crippen molar-refractivity contribution in [3.05, 3.63) is 41.4 Å². The van der Waals surface area contributed by atoms with Crippen molar-refractivity contribution in [2.45, 2.75) is 19.5 Å². The molecular weight excluding hydrogens is 254 g/mol. The Bertz CT molecular complexity index is 511. The molecule has 0 saturated carbocycles. The highest BCUT2D eigenvalue weighted by Gasteiger charge is 2.11. The van der Waals surface area contributed by atoms with Crippen molar-refractivity contribution in [2.24, 2.45) is 0 Å². The van der Waals surface area contributed by atoms with Gasteiger partial charge in [0.1, 0.15) is 0 Å². The Kier molecular flexibility index (Phi) is 3.88. The van der Waals surface area contributed by atoms with Crippen molar-refractivity contribution in [1.29, 1.82) is 0 Å². The van der Waals surface area contributed by atoms with Crippen LogP contribution in [0.2, 0.25) is 5.15 Å². The van der Waals surface area contributed by atoms with Gasteiger partial charge in [0.2, 0.25) is 0 Å². The van der Waals surface area contributed by atoms with Crippen LogP contribution in [0.3, 0.4) is 0 Å². The molecule has 2 rings (SSSR count). The van der Waals surface area contributed by atoms with E-state index in [0.717, 1.165) is 0 Å². The van der Waals surface area contributed by atoms with E-state index >= 15 is 0 Å². The first-order valence-corrected chi connectivity index (χ1v) is 5.80. The van der Waals surface area contributed by atoms with Crippen LogP contribution in [0.4, 0.5) is 0 Å². The third-order valence-corrected chi connectivity index (χ3v) is 2.46. The van der Waals surface area contributed by atoms with Gasteiger partial charge in [0.15, 0.2) is 10.8 Å². The summed E-state index contributed by atoms with van der Waals surface area (Å²) in [6.07, 6.45) is 3.53. The minimum Gasteiger partial charge on any atom is -0.346 e. The van der Waals surface area contributed by atoms with Gasteiger partial charge in [-0.25, -0.2) is 0 Å². The molecule has 2 heterocycles. The molecule has 1 unspecified atom stereocenters. The third kappa shape index (κ3) is 3.27. The number of nitrogens with one attached hydrogen (secondary N) is 1. The molecule has 7 heteroatoms. The van der Waals surface area contributed by atoms with E-state index in [0.29, 0.717) is 6.54 Å². The average molecular weight is 266 g/mol. The van der Waals surface area contributed by atoms with Crippen LogP contribution in [0.1, 0.15) is 17.4 Å². The maximum Gasteiger partial charge on any atom is 0.272 e. The first-order valence-electron chi connectivity index (χ1n) is 5.42. The first-order chi connectivity index (χ1) is 8.65. The predicted octanol–water partition coefficient (Wildman–Crippen LogP) is 1.14. The highest BCUT2D eigenvalue weighted by molar-refractivity contribution is 6.29. The van der Waals surface area contributed by atoms with Gasteiger partial charge in [-0.2, -0.15) is 5.10 Å². The lowest BCUT2D eigenvalue weighted by atomic mass is 10.3. The van der Waals surface area contributed by atoms with Crippen molar-refractivity contribution in [2.75, 3.05) is 0 Å². The van der Waals surface area contributed by atoms with Crippen molar-refractivity contribution in [3.63, 3.8) is 0 Å². The SMILES string of the molecule is CC(Cn1cccn1)NC(=O)c1ccc(Cl)nn1. The lowest BCUT2D eigenvalue weighted by Crippen LogP contribution is -2.36. The monoisotopic (exact) mass is 265 g/mol. The van der Waals surface area contributed by atoms with Crippen LogP contribution in [0.5, 0.6) is 0 Å². The second kappa shape index (κ2) is 5.59. The number of aromatic nitrogens is 4. The third-order valence-electron chi connectivity index (χ3n) is 2.26. The predicted molar refractivity (Wildman–Crippen MR) is 66.2 cm³/mol. The van der Waals surface area contributed by atoms with Crippen LogP contribution < -0.4 is 5.32 Å². The molecule has 1 N–H and O–H groups in total. The van der Waals surface area contributed by atoms with Gasteiger partial charge in [-0.3, -0.25) is 9.48 Å². The number of halogens is 1. The number of hydrogen-bond donors (Lipinski definition) is 1. The highest BCUT2D eigenvalue weighted by atomic mass is 35.5. The molecule has 0 bridgehead atoms. The van der Waals surface area contributed by atoms with Crippen LogP contribution in [0.15, 0.2) is 30.6 Å². The van der Waals surface area contributed by atoms with Crippen LogP contribution in [-0.4, -0.2) is 31.9 Å². The van der Waals surface area contributed by atoms with Gasteiger partial charge in [0.25, 0.3) is 5.91 Å². The molecule has 6 nitrogen and oxygen atoms in total. The Labute approximate surface area is 109 Å². The summed E-state index contributed by atoms with van der Waals surface area (Å²) in [6, 6.07) is 4.83. The molecule has 0 aliphatic carbocycles. The van der Waals surface area contributed by atoms with Gasteiger partial charge in [-0.15, -0.1) is 10.2 Å². The largest absolute Gasteiger partial charge is 0.346 e. The minimum absolute atomic E-state index is 0.0603. The fourth-order valence-corrected chi connectivity index (χ4v) is 1.57. The summed E-state index contributed by atoms with van der Waals surface area (Å²) < 4.78 is 1.75. The van der Waals surface area contributed by atoms with Gasteiger partial charge < -0.3 is 5.32 Å². The molecule has 0 fully saturated rings. The minimum atomic E-state index is -0.279. The fourth-order valence-electron chi connectivity index (χ4n) is 1.47. The molecule has 0 radical (unpaired) electrons. The van der Waals surface area contributed by atoms with E-state index in [1.165, 1.54) is 12.1 Å². The summed E-state index contributed by atoms with van der Waals surface area (Å²) in [5.41, 5.74) is 0.242.